The normalized spacial score (nSPS) is 20.1. The van der Waals surface area contributed by atoms with Crippen molar-refractivity contribution in [3.05, 3.63) is 22.3 Å². The van der Waals surface area contributed by atoms with Gasteiger partial charge in [-0.25, -0.2) is 4.98 Å². The Morgan fingerprint density at radius 3 is 2.28 bits per heavy atom. The molecule has 6 nitrogen and oxygen atoms in total. The molecule has 0 unspecified atom stereocenters. The lowest BCUT2D eigenvalue weighted by Gasteiger charge is -2.38. The summed E-state index contributed by atoms with van der Waals surface area (Å²) in [6.07, 6.45) is 1.61. The van der Waals surface area contributed by atoms with Gasteiger partial charge in [-0.1, -0.05) is 30.1 Å². The summed E-state index contributed by atoms with van der Waals surface area (Å²) < 4.78 is 0. The van der Waals surface area contributed by atoms with E-state index in [1.165, 1.54) is 0 Å². The van der Waals surface area contributed by atoms with E-state index in [1.807, 2.05) is 4.90 Å². The van der Waals surface area contributed by atoms with Crippen LogP contribution in [0.15, 0.2) is 12.3 Å². The van der Waals surface area contributed by atoms with Gasteiger partial charge in [-0.05, 0) is 12.6 Å². The first-order valence-corrected chi connectivity index (χ1v) is 9.61. The highest BCUT2D eigenvalue weighted by molar-refractivity contribution is 6.36. The molecule has 25 heavy (non-hydrogen) atoms. The topological polar surface area (TPSA) is 42.9 Å². The van der Waals surface area contributed by atoms with Crippen LogP contribution >= 0.6 is 23.2 Å². The molecule has 3 heterocycles. The second-order valence-corrected chi connectivity index (χ2v) is 7.38. The van der Waals surface area contributed by atoms with Crippen molar-refractivity contribution in [2.45, 2.75) is 6.92 Å². The zero-order valence-electron chi connectivity index (χ0n) is 14.6. The maximum atomic E-state index is 12.6. The van der Waals surface area contributed by atoms with Crippen LogP contribution in [0.2, 0.25) is 10.0 Å². The number of aromatic nitrogens is 1. The average molecular weight is 386 g/mol. The highest BCUT2D eigenvalue weighted by atomic mass is 35.5. The van der Waals surface area contributed by atoms with E-state index in [0.717, 1.165) is 51.6 Å². The number of hydrogen-bond acceptors (Lipinski definition) is 5. The van der Waals surface area contributed by atoms with Crippen LogP contribution in [0.4, 0.5) is 5.82 Å². The van der Waals surface area contributed by atoms with Crippen LogP contribution < -0.4 is 4.90 Å². The third-order valence-corrected chi connectivity index (χ3v) is 5.48. The van der Waals surface area contributed by atoms with E-state index in [-0.39, 0.29) is 5.91 Å². The van der Waals surface area contributed by atoms with Crippen molar-refractivity contribution in [3.8, 4) is 0 Å². The zero-order valence-corrected chi connectivity index (χ0v) is 16.1. The summed E-state index contributed by atoms with van der Waals surface area (Å²) in [4.78, 5) is 25.6. The number of amides is 1. The number of pyridine rings is 1. The number of nitrogens with zero attached hydrogens (tertiary/aromatic N) is 5. The molecule has 0 saturated carbocycles. The minimum Gasteiger partial charge on any atom is -0.352 e. The maximum absolute atomic E-state index is 12.6. The fourth-order valence-electron chi connectivity index (χ4n) is 3.36. The Labute approximate surface area is 159 Å². The quantitative estimate of drug-likeness (QED) is 0.788. The molecule has 0 N–H and O–H groups in total. The van der Waals surface area contributed by atoms with E-state index >= 15 is 0 Å². The van der Waals surface area contributed by atoms with Crippen molar-refractivity contribution in [3.63, 3.8) is 0 Å². The molecule has 0 spiro atoms. The summed E-state index contributed by atoms with van der Waals surface area (Å²) in [6.45, 7) is 10.7. The van der Waals surface area contributed by atoms with Crippen LogP contribution in [-0.4, -0.2) is 91.0 Å². The van der Waals surface area contributed by atoms with E-state index in [2.05, 4.69) is 26.6 Å². The average Bonchev–Trinajstić information content (AvgIpc) is 2.62. The molecule has 138 valence electrons. The minimum absolute atomic E-state index is 0.222. The number of halogens is 2. The van der Waals surface area contributed by atoms with Gasteiger partial charge in [0.15, 0.2) is 0 Å². The molecule has 2 fully saturated rings. The maximum Gasteiger partial charge on any atom is 0.236 e. The Morgan fingerprint density at radius 2 is 1.68 bits per heavy atom. The smallest absolute Gasteiger partial charge is 0.236 e. The van der Waals surface area contributed by atoms with Crippen LogP contribution in [-0.2, 0) is 4.79 Å². The zero-order chi connectivity index (χ0) is 17.8. The number of likely N-dealkylation sites (N-methyl/N-ethyl adjacent to an activating group) is 1. The molecule has 8 heteroatoms. The molecule has 1 aromatic heterocycles. The highest BCUT2D eigenvalue weighted by Crippen LogP contribution is 2.26. The van der Waals surface area contributed by atoms with Gasteiger partial charge in [-0.3, -0.25) is 9.69 Å². The number of hydrogen-bond donors (Lipinski definition) is 0. The van der Waals surface area contributed by atoms with Gasteiger partial charge in [0.25, 0.3) is 0 Å². The van der Waals surface area contributed by atoms with Crippen molar-refractivity contribution in [1.82, 2.24) is 19.7 Å². The number of rotatable bonds is 4. The number of carbonyl (C=O) groups is 1. The summed E-state index contributed by atoms with van der Waals surface area (Å²) in [7, 11) is 0. The second-order valence-electron chi connectivity index (χ2n) is 6.54. The van der Waals surface area contributed by atoms with Gasteiger partial charge in [-0.15, -0.1) is 0 Å². The Morgan fingerprint density at radius 1 is 1.04 bits per heavy atom. The van der Waals surface area contributed by atoms with Gasteiger partial charge < -0.3 is 14.7 Å². The van der Waals surface area contributed by atoms with E-state index in [9.17, 15) is 4.79 Å². The number of piperazine rings is 2. The summed E-state index contributed by atoms with van der Waals surface area (Å²) in [5, 5.41) is 1.09. The molecule has 2 aliphatic heterocycles. The van der Waals surface area contributed by atoms with Crippen molar-refractivity contribution in [2.24, 2.45) is 0 Å². The van der Waals surface area contributed by atoms with Gasteiger partial charge >= 0.3 is 0 Å². The second kappa shape index (κ2) is 8.54. The Balaban J connectivity index is 1.48. The number of carbonyl (C=O) groups excluding carboxylic acids is 1. The Bertz CT molecular complexity index is 599. The first-order valence-electron chi connectivity index (χ1n) is 8.85. The summed E-state index contributed by atoms with van der Waals surface area (Å²) in [5.74, 6) is 0.966. The lowest BCUT2D eigenvalue weighted by molar-refractivity contribution is -0.133. The van der Waals surface area contributed by atoms with Gasteiger partial charge in [-0.2, -0.15) is 0 Å². The largest absolute Gasteiger partial charge is 0.352 e. The predicted molar refractivity (Wildman–Crippen MR) is 102 cm³/mol. The van der Waals surface area contributed by atoms with E-state index in [4.69, 9.17) is 23.2 Å². The summed E-state index contributed by atoms with van der Waals surface area (Å²) >= 11 is 12.1. The summed E-state index contributed by atoms with van der Waals surface area (Å²) in [5.41, 5.74) is 0. The van der Waals surface area contributed by atoms with E-state index in [0.29, 0.717) is 29.7 Å². The van der Waals surface area contributed by atoms with Gasteiger partial charge in [0, 0.05) is 58.6 Å². The Kier molecular flexibility index (Phi) is 6.39. The molecule has 1 amide bonds. The third-order valence-electron chi connectivity index (χ3n) is 4.99. The molecule has 0 aliphatic carbocycles. The van der Waals surface area contributed by atoms with Gasteiger partial charge in [0.2, 0.25) is 5.91 Å². The Hall–Kier alpha value is -1.08. The molecule has 0 atom stereocenters. The first-order chi connectivity index (χ1) is 12.1. The standard InChI is InChI=1S/C17H25Cl2N5O/c1-2-21-3-5-22(6-4-21)13-16(25)23-7-9-24(10-8-23)17-15(19)11-14(18)12-20-17/h11-12H,2-10,13H2,1H3. The fourth-order valence-corrected chi connectivity index (χ4v) is 3.86. The predicted octanol–water partition coefficient (Wildman–Crippen LogP) is 1.67. The molecule has 0 bridgehead atoms. The SMILES string of the molecule is CCN1CCN(CC(=O)N2CCN(c3ncc(Cl)cc3Cl)CC2)CC1. The third kappa shape index (κ3) is 4.76. The van der Waals surface area contributed by atoms with Crippen molar-refractivity contribution in [1.29, 1.82) is 0 Å². The lowest BCUT2D eigenvalue weighted by Crippen LogP contribution is -2.54. The van der Waals surface area contributed by atoms with Gasteiger partial charge in [0.1, 0.15) is 5.82 Å². The number of anilines is 1. The molecule has 2 aliphatic rings. The molecule has 0 radical (unpaired) electrons. The first kappa shape index (κ1) is 18.7. The minimum atomic E-state index is 0.222. The van der Waals surface area contributed by atoms with Crippen LogP contribution in [0, 0.1) is 0 Å². The molecule has 2 saturated heterocycles. The molecular formula is C17H25Cl2N5O. The molecular weight excluding hydrogens is 361 g/mol. The van der Waals surface area contributed by atoms with Crippen LogP contribution in [0.1, 0.15) is 6.92 Å². The monoisotopic (exact) mass is 385 g/mol. The van der Waals surface area contributed by atoms with Crippen molar-refractivity contribution in [2.75, 3.05) is 70.3 Å². The summed E-state index contributed by atoms with van der Waals surface area (Å²) in [6, 6.07) is 1.71. The van der Waals surface area contributed by atoms with Gasteiger partial charge in [0.05, 0.1) is 16.6 Å². The van der Waals surface area contributed by atoms with Crippen LogP contribution in [0.3, 0.4) is 0 Å². The van der Waals surface area contributed by atoms with Crippen molar-refractivity contribution < 1.29 is 4.79 Å². The highest BCUT2D eigenvalue weighted by Gasteiger charge is 2.25. The molecule has 3 rings (SSSR count). The van der Waals surface area contributed by atoms with E-state index < -0.39 is 0 Å². The fraction of sp³-hybridized carbons (Fsp3) is 0.647. The molecule has 0 aromatic carbocycles. The van der Waals surface area contributed by atoms with Crippen LogP contribution in [0.5, 0.6) is 0 Å². The van der Waals surface area contributed by atoms with Crippen LogP contribution in [0.25, 0.3) is 0 Å². The van der Waals surface area contributed by atoms with E-state index in [1.54, 1.807) is 12.3 Å². The lowest BCUT2D eigenvalue weighted by atomic mass is 10.2. The molecule has 1 aromatic rings. The van der Waals surface area contributed by atoms with Crippen molar-refractivity contribution >= 4 is 34.9 Å².